The quantitative estimate of drug-likeness (QED) is 0.641. The van der Waals surface area contributed by atoms with Crippen molar-refractivity contribution in [3.8, 4) is 0 Å². The molecule has 2 aromatic rings. The highest BCUT2D eigenvalue weighted by Gasteiger charge is 2.26. The molecule has 0 aliphatic carbocycles. The Labute approximate surface area is 202 Å². The van der Waals surface area contributed by atoms with E-state index >= 15 is 0 Å². The van der Waals surface area contributed by atoms with Gasteiger partial charge in [-0.3, -0.25) is 19.4 Å². The van der Waals surface area contributed by atoms with Gasteiger partial charge >= 0.3 is 0 Å². The first kappa shape index (κ1) is 25.3. The summed E-state index contributed by atoms with van der Waals surface area (Å²) in [6, 6.07) is 17.8. The van der Waals surface area contributed by atoms with Gasteiger partial charge in [-0.05, 0) is 64.9 Å². The summed E-state index contributed by atoms with van der Waals surface area (Å²) in [4.78, 5) is 32.0. The number of carbonyl (C=O) groups is 2. The summed E-state index contributed by atoms with van der Waals surface area (Å²) in [5.41, 5.74) is 0.606. The van der Waals surface area contributed by atoms with E-state index in [1.165, 1.54) is 0 Å². The molecule has 1 heterocycles. The highest BCUT2D eigenvalue weighted by Crippen LogP contribution is 2.33. The van der Waals surface area contributed by atoms with Gasteiger partial charge < -0.3 is 10.6 Å². The van der Waals surface area contributed by atoms with E-state index in [1.54, 1.807) is 11.8 Å². The van der Waals surface area contributed by atoms with Crippen molar-refractivity contribution in [3.05, 3.63) is 54.6 Å². The summed E-state index contributed by atoms with van der Waals surface area (Å²) in [6.07, 6.45) is 0.931. The van der Waals surface area contributed by atoms with Gasteiger partial charge in [0, 0.05) is 35.0 Å². The maximum Gasteiger partial charge on any atom is 0.241 e. The number of carbonyl (C=O) groups excluding carboxylic acids is 2. The molecule has 2 N–H and O–H groups in total. The number of benzene rings is 2. The van der Waals surface area contributed by atoms with Crippen LogP contribution in [0.2, 0.25) is 0 Å². The summed E-state index contributed by atoms with van der Waals surface area (Å²) in [5.74, 6) is 0.0456. The molecule has 0 saturated carbocycles. The van der Waals surface area contributed by atoms with Gasteiger partial charge in [-0.1, -0.05) is 42.1 Å². The maximum atomic E-state index is 13.1. The Morgan fingerprint density at radius 3 is 2.39 bits per heavy atom. The van der Waals surface area contributed by atoms with E-state index in [4.69, 9.17) is 0 Å². The van der Waals surface area contributed by atoms with E-state index in [1.807, 2.05) is 70.2 Å². The van der Waals surface area contributed by atoms with Crippen molar-refractivity contribution in [1.29, 1.82) is 0 Å². The van der Waals surface area contributed by atoms with Crippen molar-refractivity contribution < 1.29 is 9.59 Å². The average Bonchev–Trinajstić information content (AvgIpc) is 2.99. The third-order valence-electron chi connectivity index (χ3n) is 5.55. The molecule has 0 aromatic heterocycles. The van der Waals surface area contributed by atoms with Crippen LogP contribution in [0.15, 0.2) is 64.4 Å². The molecule has 6 nitrogen and oxygen atoms in total. The number of anilines is 1. The molecule has 0 bridgehead atoms. The minimum Gasteiger partial charge on any atom is -0.350 e. The van der Waals surface area contributed by atoms with Crippen LogP contribution in [0.3, 0.4) is 0 Å². The molecule has 0 unspecified atom stereocenters. The number of para-hydroxylation sites is 1. The summed E-state index contributed by atoms with van der Waals surface area (Å²) in [7, 11) is 0. The van der Waals surface area contributed by atoms with Crippen LogP contribution in [0.25, 0.3) is 0 Å². The molecule has 0 radical (unpaired) electrons. The Bertz CT molecular complexity index is 929. The predicted octanol–water partition coefficient (Wildman–Crippen LogP) is 4.09. The number of hydrogen-bond donors (Lipinski definition) is 2. The Balaban J connectivity index is 1.56. The van der Waals surface area contributed by atoms with E-state index in [0.29, 0.717) is 6.54 Å². The summed E-state index contributed by atoms with van der Waals surface area (Å²) in [5, 5.41) is 6.17. The van der Waals surface area contributed by atoms with Gasteiger partial charge in [0.1, 0.15) is 0 Å². The largest absolute Gasteiger partial charge is 0.350 e. The van der Waals surface area contributed by atoms with Crippen molar-refractivity contribution >= 4 is 29.3 Å². The zero-order valence-electron chi connectivity index (χ0n) is 20.1. The number of nitrogens with zero attached hydrogens (tertiary/aromatic N) is 2. The first-order chi connectivity index (χ1) is 15.7. The fraction of sp³-hybridized carbons (Fsp3) is 0.462. The number of nitrogens with one attached hydrogen (secondary N) is 2. The first-order valence-electron chi connectivity index (χ1n) is 11.6. The van der Waals surface area contributed by atoms with Crippen LogP contribution >= 0.6 is 11.8 Å². The molecule has 1 atom stereocenters. The minimum absolute atomic E-state index is 0.00460. The molecule has 33 heavy (non-hydrogen) atoms. The van der Waals surface area contributed by atoms with Crippen molar-refractivity contribution in [2.45, 2.75) is 55.5 Å². The van der Waals surface area contributed by atoms with Crippen LogP contribution < -0.4 is 10.6 Å². The fourth-order valence-electron chi connectivity index (χ4n) is 3.87. The normalized spacial score (nSPS) is 16.6. The Morgan fingerprint density at radius 2 is 1.67 bits per heavy atom. The second-order valence-corrected chi connectivity index (χ2v) is 10.7. The molecule has 178 valence electrons. The van der Waals surface area contributed by atoms with Crippen LogP contribution in [-0.4, -0.2) is 65.9 Å². The Morgan fingerprint density at radius 1 is 0.970 bits per heavy atom. The van der Waals surface area contributed by atoms with Gasteiger partial charge in [-0.2, -0.15) is 0 Å². The van der Waals surface area contributed by atoms with Crippen molar-refractivity contribution in [3.63, 3.8) is 0 Å². The second kappa shape index (κ2) is 11.7. The van der Waals surface area contributed by atoms with Crippen LogP contribution in [0.5, 0.6) is 0 Å². The van der Waals surface area contributed by atoms with Gasteiger partial charge in [0.05, 0.1) is 18.3 Å². The van der Waals surface area contributed by atoms with E-state index in [2.05, 4.69) is 32.6 Å². The number of amides is 2. The lowest BCUT2D eigenvalue weighted by Gasteiger charge is -2.27. The molecule has 2 amide bonds. The lowest BCUT2D eigenvalue weighted by atomic mass is 10.1. The zero-order valence-corrected chi connectivity index (χ0v) is 21.0. The van der Waals surface area contributed by atoms with Gasteiger partial charge in [-0.15, -0.1) is 0 Å². The Hall–Kier alpha value is -2.35. The third-order valence-corrected chi connectivity index (χ3v) is 6.63. The van der Waals surface area contributed by atoms with Gasteiger partial charge in [0.15, 0.2) is 0 Å². The highest BCUT2D eigenvalue weighted by molar-refractivity contribution is 7.99. The van der Waals surface area contributed by atoms with Gasteiger partial charge in [0.25, 0.3) is 0 Å². The molecule has 1 saturated heterocycles. The van der Waals surface area contributed by atoms with Crippen LogP contribution in [0.1, 0.15) is 34.1 Å². The lowest BCUT2D eigenvalue weighted by molar-refractivity contribution is -0.124. The average molecular weight is 469 g/mol. The van der Waals surface area contributed by atoms with Crippen LogP contribution in [0, 0.1) is 0 Å². The van der Waals surface area contributed by atoms with E-state index in [9.17, 15) is 9.59 Å². The third kappa shape index (κ3) is 8.18. The lowest BCUT2D eigenvalue weighted by Crippen LogP contribution is -2.47. The van der Waals surface area contributed by atoms with Crippen LogP contribution in [-0.2, 0) is 9.59 Å². The fourth-order valence-corrected chi connectivity index (χ4v) is 4.80. The minimum atomic E-state index is -0.247. The predicted molar refractivity (Wildman–Crippen MR) is 136 cm³/mol. The second-order valence-electron chi connectivity index (χ2n) is 9.54. The monoisotopic (exact) mass is 468 g/mol. The molecule has 1 aliphatic heterocycles. The molecule has 3 rings (SSSR count). The highest BCUT2D eigenvalue weighted by atomic mass is 32.2. The van der Waals surface area contributed by atoms with E-state index in [0.717, 1.165) is 48.1 Å². The van der Waals surface area contributed by atoms with Gasteiger partial charge in [0.2, 0.25) is 11.8 Å². The molecule has 2 aromatic carbocycles. The SMILES string of the molecule is C[C@@H](C(=O)Nc1ccccc1Sc1ccccc1)N1CCCN(CC(=O)NC(C)(C)C)CC1. The molecular weight excluding hydrogens is 432 g/mol. The van der Waals surface area contributed by atoms with E-state index in [-0.39, 0.29) is 23.4 Å². The summed E-state index contributed by atoms with van der Waals surface area (Å²) in [6.45, 7) is 11.6. The molecule has 1 aliphatic rings. The van der Waals surface area contributed by atoms with Crippen molar-refractivity contribution in [1.82, 2.24) is 15.1 Å². The number of rotatable bonds is 7. The van der Waals surface area contributed by atoms with Crippen molar-refractivity contribution in [2.24, 2.45) is 0 Å². The Kier molecular flexibility index (Phi) is 8.95. The summed E-state index contributed by atoms with van der Waals surface area (Å²) >= 11 is 1.64. The number of hydrogen-bond acceptors (Lipinski definition) is 5. The first-order valence-corrected chi connectivity index (χ1v) is 12.4. The molecule has 7 heteroatoms. The molecular formula is C26H36N4O2S. The van der Waals surface area contributed by atoms with Gasteiger partial charge in [-0.25, -0.2) is 0 Å². The maximum absolute atomic E-state index is 13.1. The summed E-state index contributed by atoms with van der Waals surface area (Å²) < 4.78 is 0. The topological polar surface area (TPSA) is 64.7 Å². The van der Waals surface area contributed by atoms with E-state index < -0.39 is 0 Å². The van der Waals surface area contributed by atoms with Crippen LogP contribution in [0.4, 0.5) is 5.69 Å². The molecule has 0 spiro atoms. The molecule has 1 fully saturated rings. The van der Waals surface area contributed by atoms with Crippen molar-refractivity contribution in [2.75, 3.05) is 38.0 Å². The standard InChI is InChI=1S/C26H36N4O2S/c1-20(30-16-10-15-29(17-18-30)19-24(31)28-26(2,3)4)25(32)27-22-13-8-9-14-23(22)33-21-11-6-5-7-12-21/h5-9,11-14,20H,10,15-19H2,1-4H3,(H,27,32)(H,28,31)/t20-/m0/s1. The smallest absolute Gasteiger partial charge is 0.241 e. The zero-order chi connectivity index (χ0) is 23.8.